The number of halogens is 1. The van der Waals surface area contributed by atoms with Gasteiger partial charge >= 0.3 is 0 Å². The van der Waals surface area contributed by atoms with E-state index in [1.54, 1.807) is 12.4 Å². The summed E-state index contributed by atoms with van der Waals surface area (Å²) in [7, 11) is -3.65. The quantitative estimate of drug-likeness (QED) is 0.817. The number of nitrogens with one attached hydrogen (secondary N) is 1. The lowest BCUT2D eigenvalue weighted by Crippen LogP contribution is -2.43. The number of rotatable bonds is 6. The third kappa shape index (κ3) is 4.90. The number of nitrogens with zero attached hydrogens (tertiary/aromatic N) is 2. The maximum atomic E-state index is 13.0. The SMILES string of the molecule is O=C(NCCc1cccnc1)C1CCN(S(=O)(=O)c2ccc(F)cc2)CC1. The van der Waals surface area contributed by atoms with Crippen LogP contribution in [-0.2, 0) is 21.2 Å². The second-order valence-electron chi connectivity index (χ2n) is 6.53. The molecule has 0 saturated carbocycles. The third-order valence-corrected chi connectivity index (χ3v) is 6.62. The van der Waals surface area contributed by atoms with Gasteiger partial charge in [0.25, 0.3) is 0 Å². The summed E-state index contributed by atoms with van der Waals surface area (Å²) in [5, 5.41) is 2.92. The number of carbonyl (C=O) groups excluding carboxylic acids is 1. The van der Waals surface area contributed by atoms with E-state index in [9.17, 15) is 17.6 Å². The Morgan fingerprint density at radius 1 is 1.19 bits per heavy atom. The average molecular weight is 391 g/mol. The molecule has 0 radical (unpaired) electrons. The molecular formula is C19H22FN3O3S. The molecule has 0 aliphatic carbocycles. The van der Waals surface area contributed by atoms with Crippen molar-refractivity contribution in [3.63, 3.8) is 0 Å². The fourth-order valence-corrected chi connectivity index (χ4v) is 4.60. The van der Waals surface area contributed by atoms with Crippen molar-refractivity contribution in [1.82, 2.24) is 14.6 Å². The first kappa shape index (κ1) is 19.4. The van der Waals surface area contributed by atoms with Crippen LogP contribution >= 0.6 is 0 Å². The normalized spacial score (nSPS) is 16.2. The van der Waals surface area contributed by atoms with Crippen LogP contribution in [-0.4, -0.2) is 43.2 Å². The van der Waals surface area contributed by atoms with Gasteiger partial charge in [-0.25, -0.2) is 12.8 Å². The van der Waals surface area contributed by atoms with Gasteiger partial charge in [-0.2, -0.15) is 4.31 Å². The highest BCUT2D eigenvalue weighted by atomic mass is 32.2. The summed E-state index contributed by atoms with van der Waals surface area (Å²) in [6.07, 6.45) is 5.12. The first-order valence-corrected chi connectivity index (χ1v) is 10.3. The number of aromatic nitrogens is 1. The van der Waals surface area contributed by atoms with E-state index >= 15 is 0 Å². The molecule has 2 heterocycles. The Morgan fingerprint density at radius 2 is 1.89 bits per heavy atom. The minimum absolute atomic E-state index is 0.0438. The van der Waals surface area contributed by atoms with Crippen LogP contribution in [0, 0.1) is 11.7 Å². The molecule has 0 atom stereocenters. The molecule has 0 bridgehead atoms. The largest absolute Gasteiger partial charge is 0.356 e. The van der Waals surface area contributed by atoms with Gasteiger partial charge < -0.3 is 5.32 Å². The first-order chi connectivity index (χ1) is 13.0. The average Bonchev–Trinajstić information content (AvgIpc) is 2.69. The van der Waals surface area contributed by atoms with Crippen LogP contribution in [0.5, 0.6) is 0 Å². The predicted molar refractivity (Wildman–Crippen MR) is 98.8 cm³/mol. The van der Waals surface area contributed by atoms with Gasteiger partial charge in [0.1, 0.15) is 5.82 Å². The number of benzene rings is 1. The standard InChI is InChI=1S/C19H22FN3O3S/c20-17-3-5-18(6-4-17)27(25,26)23-12-8-16(9-13-23)19(24)22-11-7-15-2-1-10-21-14-15/h1-6,10,14,16H,7-9,11-13H2,(H,22,24). The molecule has 1 aromatic heterocycles. The molecule has 0 spiro atoms. The maximum absolute atomic E-state index is 13.0. The van der Waals surface area contributed by atoms with Crippen LogP contribution in [0.15, 0.2) is 53.7 Å². The molecule has 144 valence electrons. The Labute approximate surface area is 158 Å². The zero-order chi connectivity index (χ0) is 19.3. The number of carbonyl (C=O) groups is 1. The van der Waals surface area contributed by atoms with Crippen molar-refractivity contribution in [3.8, 4) is 0 Å². The molecule has 8 heteroatoms. The van der Waals surface area contributed by atoms with Gasteiger partial charge in [-0.15, -0.1) is 0 Å². The molecule has 2 aromatic rings. The number of pyridine rings is 1. The highest BCUT2D eigenvalue weighted by Crippen LogP contribution is 2.24. The summed E-state index contributed by atoms with van der Waals surface area (Å²) in [6.45, 7) is 1.08. The van der Waals surface area contributed by atoms with Gasteiger partial charge in [-0.3, -0.25) is 9.78 Å². The van der Waals surface area contributed by atoms with Gasteiger partial charge in [0.2, 0.25) is 15.9 Å². The molecule has 1 aliphatic rings. The Morgan fingerprint density at radius 3 is 2.52 bits per heavy atom. The maximum Gasteiger partial charge on any atom is 0.243 e. The Bertz CT molecular complexity index is 865. The van der Waals surface area contributed by atoms with E-state index in [0.717, 1.165) is 17.7 Å². The van der Waals surface area contributed by atoms with E-state index in [4.69, 9.17) is 0 Å². The van der Waals surface area contributed by atoms with Crippen molar-refractivity contribution in [2.75, 3.05) is 19.6 Å². The van der Waals surface area contributed by atoms with Crippen LogP contribution in [0.3, 0.4) is 0 Å². The molecular weight excluding hydrogens is 369 g/mol. The van der Waals surface area contributed by atoms with Crippen molar-refractivity contribution in [3.05, 3.63) is 60.2 Å². The van der Waals surface area contributed by atoms with Gasteiger partial charge in [-0.05, 0) is 55.2 Å². The van der Waals surface area contributed by atoms with E-state index in [-0.39, 0.29) is 29.8 Å². The van der Waals surface area contributed by atoms with Crippen LogP contribution in [0.25, 0.3) is 0 Å². The minimum atomic E-state index is -3.65. The Kier molecular flexibility index (Phi) is 6.18. The summed E-state index contributed by atoms with van der Waals surface area (Å²) < 4.78 is 39.6. The molecule has 3 rings (SSSR count). The van der Waals surface area contributed by atoms with Crippen molar-refractivity contribution in [2.24, 2.45) is 5.92 Å². The second kappa shape index (κ2) is 8.58. The van der Waals surface area contributed by atoms with Crippen LogP contribution < -0.4 is 5.32 Å². The van der Waals surface area contributed by atoms with Crippen LogP contribution in [0.1, 0.15) is 18.4 Å². The van der Waals surface area contributed by atoms with Crippen molar-refractivity contribution in [2.45, 2.75) is 24.2 Å². The number of sulfonamides is 1. The molecule has 1 fully saturated rings. The minimum Gasteiger partial charge on any atom is -0.356 e. The summed E-state index contributed by atoms with van der Waals surface area (Å²) in [4.78, 5) is 16.4. The third-order valence-electron chi connectivity index (χ3n) is 4.71. The number of hydrogen-bond donors (Lipinski definition) is 1. The van der Waals surface area contributed by atoms with E-state index in [2.05, 4.69) is 10.3 Å². The van der Waals surface area contributed by atoms with E-state index in [1.165, 1.54) is 16.4 Å². The summed E-state index contributed by atoms with van der Waals surface area (Å²) in [5.74, 6) is -0.716. The molecule has 27 heavy (non-hydrogen) atoms. The lowest BCUT2D eigenvalue weighted by Gasteiger charge is -2.30. The van der Waals surface area contributed by atoms with E-state index < -0.39 is 15.8 Å². The molecule has 1 N–H and O–H groups in total. The van der Waals surface area contributed by atoms with Crippen LogP contribution in [0.4, 0.5) is 4.39 Å². The summed E-state index contributed by atoms with van der Waals surface area (Å²) in [6, 6.07) is 8.61. The molecule has 1 amide bonds. The summed E-state index contributed by atoms with van der Waals surface area (Å²) >= 11 is 0. The van der Waals surface area contributed by atoms with Gasteiger partial charge in [0.15, 0.2) is 0 Å². The Hall–Kier alpha value is -2.32. The summed E-state index contributed by atoms with van der Waals surface area (Å²) in [5.41, 5.74) is 1.05. The van der Waals surface area contributed by atoms with E-state index in [1.807, 2.05) is 12.1 Å². The number of amides is 1. The van der Waals surface area contributed by atoms with Crippen molar-refractivity contribution in [1.29, 1.82) is 0 Å². The van der Waals surface area contributed by atoms with E-state index in [0.29, 0.717) is 25.8 Å². The van der Waals surface area contributed by atoms with Gasteiger partial charge in [0, 0.05) is 37.9 Å². The topological polar surface area (TPSA) is 79.4 Å². The Balaban J connectivity index is 1.49. The van der Waals surface area contributed by atoms with Gasteiger partial charge in [-0.1, -0.05) is 6.07 Å². The monoisotopic (exact) mass is 391 g/mol. The van der Waals surface area contributed by atoms with Crippen molar-refractivity contribution >= 4 is 15.9 Å². The van der Waals surface area contributed by atoms with Gasteiger partial charge in [0.05, 0.1) is 4.90 Å². The lowest BCUT2D eigenvalue weighted by molar-refractivity contribution is -0.126. The zero-order valence-corrected chi connectivity index (χ0v) is 15.7. The molecule has 0 unspecified atom stereocenters. The lowest BCUT2D eigenvalue weighted by atomic mass is 9.97. The molecule has 6 nitrogen and oxygen atoms in total. The zero-order valence-electron chi connectivity index (χ0n) is 14.8. The molecule has 1 aromatic carbocycles. The first-order valence-electron chi connectivity index (χ1n) is 8.89. The fraction of sp³-hybridized carbons (Fsp3) is 0.368. The van der Waals surface area contributed by atoms with Crippen molar-refractivity contribution < 1.29 is 17.6 Å². The predicted octanol–water partition coefficient (Wildman–Crippen LogP) is 1.98. The molecule has 1 aliphatic heterocycles. The molecule has 1 saturated heterocycles. The van der Waals surface area contributed by atoms with Crippen LogP contribution in [0.2, 0.25) is 0 Å². The smallest absolute Gasteiger partial charge is 0.243 e. The number of hydrogen-bond acceptors (Lipinski definition) is 4. The second-order valence-corrected chi connectivity index (χ2v) is 8.47. The fourth-order valence-electron chi connectivity index (χ4n) is 3.13. The number of piperidine rings is 1. The highest BCUT2D eigenvalue weighted by molar-refractivity contribution is 7.89. The highest BCUT2D eigenvalue weighted by Gasteiger charge is 2.31.